The molecule has 3 rings (SSSR count). The molecular formula is C25H28N2O6S2. The number of thioether (sulfide) groups is 1. The van der Waals surface area contributed by atoms with Gasteiger partial charge in [-0.05, 0) is 67.8 Å². The van der Waals surface area contributed by atoms with Crippen molar-refractivity contribution in [2.45, 2.75) is 16.7 Å². The summed E-state index contributed by atoms with van der Waals surface area (Å²) in [6.45, 7) is 1.90. The highest BCUT2D eigenvalue weighted by Gasteiger charge is 2.28. The highest BCUT2D eigenvalue weighted by molar-refractivity contribution is 7.98. The fourth-order valence-electron chi connectivity index (χ4n) is 3.33. The van der Waals surface area contributed by atoms with Crippen LogP contribution in [0.2, 0.25) is 0 Å². The number of nitrogens with one attached hydrogen (secondary N) is 1. The topological polar surface area (TPSA) is 94.2 Å². The summed E-state index contributed by atoms with van der Waals surface area (Å²) in [4.78, 5) is 13.9. The standard InChI is InChI=1S/C25H28N2O6S2/c1-5-33-20-11-9-19(10-12-20)27(17-25(28)26-18-7-6-8-21(15-18)34-4)35(29,30)22-13-14-23(31-2)24(16-22)32-3/h6-16H,5,17H2,1-4H3,(H,26,28). The van der Waals surface area contributed by atoms with Crippen molar-refractivity contribution in [3.63, 3.8) is 0 Å². The van der Waals surface area contributed by atoms with Gasteiger partial charge in [0.2, 0.25) is 5.91 Å². The first-order valence-electron chi connectivity index (χ1n) is 10.7. The van der Waals surface area contributed by atoms with E-state index in [0.717, 1.165) is 9.20 Å². The van der Waals surface area contributed by atoms with Crippen LogP contribution in [0.3, 0.4) is 0 Å². The maximum atomic E-state index is 13.7. The van der Waals surface area contributed by atoms with E-state index >= 15 is 0 Å². The first-order chi connectivity index (χ1) is 16.8. The number of sulfonamides is 1. The highest BCUT2D eigenvalue weighted by atomic mass is 32.2. The summed E-state index contributed by atoms with van der Waals surface area (Å²) in [7, 11) is -1.25. The molecule has 3 aromatic rings. The van der Waals surface area contributed by atoms with Crippen molar-refractivity contribution in [1.29, 1.82) is 0 Å². The Labute approximate surface area is 210 Å². The maximum absolute atomic E-state index is 13.7. The zero-order valence-electron chi connectivity index (χ0n) is 20.0. The minimum atomic E-state index is -4.14. The minimum absolute atomic E-state index is 0.0405. The van der Waals surface area contributed by atoms with Crippen LogP contribution in [-0.2, 0) is 14.8 Å². The molecule has 0 bridgehead atoms. The molecule has 0 aromatic heterocycles. The van der Waals surface area contributed by atoms with Crippen molar-refractivity contribution < 1.29 is 27.4 Å². The summed E-state index contributed by atoms with van der Waals surface area (Å²) in [5, 5.41) is 2.79. The normalized spacial score (nSPS) is 11.0. The van der Waals surface area contributed by atoms with Gasteiger partial charge in [0.05, 0.1) is 31.4 Å². The summed E-state index contributed by atoms with van der Waals surface area (Å²) in [6, 6.07) is 18.2. The second kappa shape index (κ2) is 11.9. The number of carbonyl (C=O) groups excluding carboxylic acids is 1. The Bertz CT molecular complexity index is 1260. The number of carbonyl (C=O) groups is 1. The minimum Gasteiger partial charge on any atom is -0.494 e. The molecule has 0 atom stereocenters. The first-order valence-corrected chi connectivity index (χ1v) is 13.4. The summed E-state index contributed by atoms with van der Waals surface area (Å²) in [5.41, 5.74) is 0.897. The number of hydrogen-bond acceptors (Lipinski definition) is 7. The molecule has 0 fully saturated rings. The molecule has 0 aliphatic carbocycles. The molecule has 0 unspecified atom stereocenters. The van der Waals surface area contributed by atoms with E-state index in [1.54, 1.807) is 42.1 Å². The van der Waals surface area contributed by atoms with Crippen LogP contribution >= 0.6 is 11.8 Å². The van der Waals surface area contributed by atoms with Crippen LogP contribution in [0.15, 0.2) is 76.5 Å². The Kier molecular flexibility index (Phi) is 8.89. The number of ether oxygens (including phenoxy) is 3. The van der Waals surface area contributed by atoms with Crippen LogP contribution in [-0.4, -0.2) is 48.0 Å². The third kappa shape index (κ3) is 6.40. The lowest BCUT2D eigenvalue weighted by molar-refractivity contribution is -0.114. The van der Waals surface area contributed by atoms with Crippen molar-refractivity contribution in [2.24, 2.45) is 0 Å². The van der Waals surface area contributed by atoms with E-state index in [2.05, 4.69) is 5.32 Å². The summed E-state index contributed by atoms with van der Waals surface area (Å²) >= 11 is 1.54. The largest absolute Gasteiger partial charge is 0.494 e. The average Bonchev–Trinajstić information content (AvgIpc) is 2.87. The molecular weight excluding hydrogens is 488 g/mol. The third-order valence-electron chi connectivity index (χ3n) is 5.02. The lowest BCUT2D eigenvalue weighted by Gasteiger charge is -2.25. The SMILES string of the molecule is CCOc1ccc(N(CC(=O)Nc2cccc(SC)c2)S(=O)(=O)c2ccc(OC)c(OC)c2)cc1. The molecule has 0 radical (unpaired) electrons. The van der Waals surface area contributed by atoms with Crippen LogP contribution in [0, 0.1) is 0 Å². The van der Waals surface area contributed by atoms with Gasteiger partial charge in [-0.1, -0.05) is 6.07 Å². The molecule has 186 valence electrons. The number of hydrogen-bond donors (Lipinski definition) is 1. The van der Waals surface area contributed by atoms with Crippen molar-refractivity contribution in [3.05, 3.63) is 66.7 Å². The molecule has 35 heavy (non-hydrogen) atoms. The predicted molar refractivity (Wildman–Crippen MR) is 139 cm³/mol. The van der Waals surface area contributed by atoms with Crippen molar-refractivity contribution in [2.75, 3.05) is 43.2 Å². The van der Waals surface area contributed by atoms with Gasteiger partial charge < -0.3 is 19.5 Å². The zero-order valence-corrected chi connectivity index (χ0v) is 21.6. The smallest absolute Gasteiger partial charge is 0.264 e. The van der Waals surface area contributed by atoms with Crippen LogP contribution in [0.1, 0.15) is 6.92 Å². The quantitative estimate of drug-likeness (QED) is 0.371. The van der Waals surface area contributed by atoms with Crippen LogP contribution in [0.25, 0.3) is 0 Å². The number of anilines is 2. The second-order valence-electron chi connectivity index (χ2n) is 7.24. The Morgan fingerprint density at radius 1 is 0.971 bits per heavy atom. The number of nitrogens with zero attached hydrogens (tertiary/aromatic N) is 1. The van der Waals surface area contributed by atoms with E-state index < -0.39 is 22.5 Å². The monoisotopic (exact) mass is 516 g/mol. The molecule has 0 aliphatic rings. The summed E-state index contributed by atoms with van der Waals surface area (Å²) in [6.07, 6.45) is 1.93. The van der Waals surface area contributed by atoms with Gasteiger partial charge in [0, 0.05) is 16.6 Å². The Morgan fingerprint density at radius 2 is 1.69 bits per heavy atom. The molecule has 8 nitrogen and oxygen atoms in total. The van der Waals surface area contributed by atoms with E-state index in [1.165, 1.54) is 32.4 Å². The van der Waals surface area contributed by atoms with Crippen molar-refractivity contribution in [3.8, 4) is 17.2 Å². The Hall–Kier alpha value is -3.37. The molecule has 1 amide bonds. The zero-order chi connectivity index (χ0) is 25.4. The number of methoxy groups -OCH3 is 2. The Balaban J connectivity index is 1.98. The van der Waals surface area contributed by atoms with Gasteiger partial charge in [-0.2, -0.15) is 0 Å². The van der Waals surface area contributed by atoms with Crippen LogP contribution < -0.4 is 23.8 Å². The fraction of sp³-hybridized carbons (Fsp3) is 0.240. The van der Waals surface area contributed by atoms with Gasteiger partial charge in [0.15, 0.2) is 11.5 Å². The third-order valence-corrected chi connectivity index (χ3v) is 7.51. The van der Waals surface area contributed by atoms with Gasteiger partial charge >= 0.3 is 0 Å². The fourth-order valence-corrected chi connectivity index (χ4v) is 5.22. The summed E-state index contributed by atoms with van der Waals surface area (Å²) in [5.74, 6) is 0.767. The van der Waals surface area contributed by atoms with E-state index in [-0.39, 0.29) is 10.6 Å². The Morgan fingerprint density at radius 3 is 2.31 bits per heavy atom. The maximum Gasteiger partial charge on any atom is 0.264 e. The second-order valence-corrected chi connectivity index (χ2v) is 9.98. The van der Waals surface area contributed by atoms with E-state index in [9.17, 15) is 13.2 Å². The number of rotatable bonds is 11. The van der Waals surface area contributed by atoms with Gasteiger partial charge in [-0.3, -0.25) is 9.10 Å². The van der Waals surface area contributed by atoms with E-state index in [4.69, 9.17) is 14.2 Å². The van der Waals surface area contributed by atoms with Crippen LogP contribution in [0.5, 0.6) is 17.2 Å². The lowest BCUT2D eigenvalue weighted by atomic mass is 10.3. The molecule has 0 heterocycles. The van der Waals surface area contributed by atoms with E-state index in [0.29, 0.717) is 29.5 Å². The van der Waals surface area contributed by atoms with Gasteiger partial charge in [-0.15, -0.1) is 11.8 Å². The highest BCUT2D eigenvalue weighted by Crippen LogP contribution is 2.32. The predicted octanol–water partition coefficient (Wildman–Crippen LogP) is 4.66. The lowest BCUT2D eigenvalue weighted by Crippen LogP contribution is -2.38. The molecule has 0 spiro atoms. The number of amides is 1. The summed E-state index contributed by atoms with van der Waals surface area (Å²) < 4.78 is 44.4. The van der Waals surface area contributed by atoms with Crippen molar-refractivity contribution in [1.82, 2.24) is 0 Å². The average molecular weight is 517 g/mol. The van der Waals surface area contributed by atoms with Gasteiger partial charge in [0.1, 0.15) is 12.3 Å². The molecule has 0 saturated heterocycles. The van der Waals surface area contributed by atoms with Crippen LogP contribution in [0.4, 0.5) is 11.4 Å². The molecule has 10 heteroatoms. The molecule has 1 N–H and O–H groups in total. The molecule has 0 aliphatic heterocycles. The molecule has 0 saturated carbocycles. The first kappa shape index (κ1) is 26.2. The van der Waals surface area contributed by atoms with Gasteiger partial charge in [0.25, 0.3) is 10.0 Å². The number of benzene rings is 3. The van der Waals surface area contributed by atoms with Gasteiger partial charge in [-0.25, -0.2) is 8.42 Å². The van der Waals surface area contributed by atoms with E-state index in [1.807, 2.05) is 31.4 Å². The van der Waals surface area contributed by atoms with Crippen molar-refractivity contribution >= 4 is 39.1 Å². The molecule has 3 aromatic carbocycles.